The standard InChI is InChI=1S/C34H62O24S4/c1-11-22-26(16(4)15(3)21(9)47-22)51-32-18(6)17(5)27(23(12-2)48-32)52-33-30(44-10)19(7)28(24(49-33)13-45-61(38,39)40)53-34-31(54-58-60(36)37)20(8)29(55-59-57-56-35)25(50-34)14-46-62(41,42)43/h15-35H,11-14H2,1-10H3,(H,36,37)(H,38,39,40)(H,41,42,43)/t15?,16-,17-,18?,19?,20?,21+,22?,23?,24?,25?,26-,27-,28+,29+,30?,31?,32+,33-,34-/m1/s1. The average molecular weight is 983 g/mol. The second-order valence-electron chi connectivity index (χ2n) is 16.0. The van der Waals surface area contributed by atoms with Crippen molar-refractivity contribution in [2.45, 2.75) is 161 Å². The third-order valence-corrected chi connectivity index (χ3v) is 13.9. The molecule has 21 atom stereocenters. The summed E-state index contributed by atoms with van der Waals surface area (Å²) in [6, 6.07) is 0. The summed E-state index contributed by atoms with van der Waals surface area (Å²) in [5, 5.41) is 12.1. The molecule has 62 heavy (non-hydrogen) atoms. The van der Waals surface area contributed by atoms with Crippen molar-refractivity contribution in [2.75, 3.05) is 20.3 Å². The fraction of sp³-hybridized carbons (Fsp3) is 1.00. The van der Waals surface area contributed by atoms with Gasteiger partial charge in [-0.2, -0.15) is 21.0 Å². The highest BCUT2D eigenvalue weighted by Crippen LogP contribution is 2.43. The second-order valence-corrected chi connectivity index (χ2v) is 19.2. The zero-order chi connectivity index (χ0) is 46.3. The Labute approximate surface area is 369 Å². The fourth-order valence-corrected chi connectivity index (χ4v) is 9.69. The molecule has 24 nitrogen and oxygen atoms in total. The lowest BCUT2D eigenvalue weighted by Gasteiger charge is -2.51. The van der Waals surface area contributed by atoms with Gasteiger partial charge in [0.1, 0.15) is 24.4 Å². The lowest BCUT2D eigenvalue weighted by atomic mass is 9.80. The van der Waals surface area contributed by atoms with Gasteiger partial charge >= 0.3 is 32.2 Å². The Bertz CT molecular complexity index is 1610. The molecule has 4 heterocycles. The summed E-state index contributed by atoms with van der Waals surface area (Å²) in [7, 11) is -8.72. The monoisotopic (exact) mass is 982 g/mol. The largest absolute Gasteiger partial charge is 0.397 e. The van der Waals surface area contributed by atoms with E-state index in [0.717, 1.165) is 6.42 Å². The topological polar surface area (TPSA) is 305 Å². The predicted octanol–water partition coefficient (Wildman–Crippen LogP) is 3.22. The van der Waals surface area contributed by atoms with Crippen molar-refractivity contribution in [1.29, 1.82) is 0 Å². The highest BCUT2D eigenvalue weighted by atomic mass is 32.3. The van der Waals surface area contributed by atoms with Gasteiger partial charge in [0.25, 0.3) is 0 Å². The van der Waals surface area contributed by atoms with Gasteiger partial charge < -0.3 is 37.9 Å². The lowest BCUT2D eigenvalue weighted by molar-refractivity contribution is -0.435. The molecule has 0 amide bonds. The summed E-state index contributed by atoms with van der Waals surface area (Å²) >= 11 is -2.94. The summed E-state index contributed by atoms with van der Waals surface area (Å²) in [6.07, 6.45) is -11.6. The third-order valence-electron chi connectivity index (χ3n) is 12.4. The van der Waals surface area contributed by atoms with Crippen LogP contribution >= 0.6 is 12.3 Å². The van der Waals surface area contributed by atoms with E-state index in [-0.39, 0.29) is 54.3 Å². The first-order valence-electron chi connectivity index (χ1n) is 20.1. The third kappa shape index (κ3) is 14.3. The zero-order valence-electron chi connectivity index (χ0n) is 36.0. The van der Waals surface area contributed by atoms with Gasteiger partial charge in [0.05, 0.1) is 49.8 Å². The minimum atomic E-state index is -5.06. The van der Waals surface area contributed by atoms with Crippen LogP contribution in [0, 0.1) is 35.5 Å². The van der Waals surface area contributed by atoms with E-state index in [1.54, 1.807) is 6.92 Å². The van der Waals surface area contributed by atoms with E-state index < -0.39 is 125 Å². The van der Waals surface area contributed by atoms with E-state index in [1.165, 1.54) is 14.0 Å². The molecule has 4 saturated heterocycles. The van der Waals surface area contributed by atoms with Crippen LogP contribution in [0.15, 0.2) is 0 Å². The Balaban J connectivity index is 1.62. The molecule has 0 bridgehead atoms. The maximum atomic E-state index is 11.9. The molecule has 11 unspecified atom stereocenters. The van der Waals surface area contributed by atoms with Crippen molar-refractivity contribution in [2.24, 2.45) is 35.5 Å². The van der Waals surface area contributed by atoms with Crippen LogP contribution in [0.2, 0.25) is 0 Å². The predicted molar refractivity (Wildman–Crippen MR) is 210 cm³/mol. The van der Waals surface area contributed by atoms with Crippen molar-refractivity contribution in [1.82, 2.24) is 0 Å². The maximum absolute atomic E-state index is 11.9. The average Bonchev–Trinajstić information content (AvgIpc) is 3.19. The molecular weight excluding hydrogens is 921 g/mol. The second kappa shape index (κ2) is 24.1. The van der Waals surface area contributed by atoms with Crippen molar-refractivity contribution in [3.63, 3.8) is 0 Å². The maximum Gasteiger partial charge on any atom is 0.397 e. The Morgan fingerprint density at radius 1 is 0.597 bits per heavy atom. The van der Waals surface area contributed by atoms with E-state index >= 15 is 0 Å². The fourth-order valence-electron chi connectivity index (χ4n) is 8.47. The first-order valence-corrected chi connectivity index (χ1v) is 24.6. The van der Waals surface area contributed by atoms with Crippen LogP contribution in [0.3, 0.4) is 0 Å². The van der Waals surface area contributed by atoms with E-state index in [9.17, 15) is 34.7 Å². The van der Waals surface area contributed by atoms with Gasteiger partial charge in [-0.15, -0.1) is 8.67 Å². The van der Waals surface area contributed by atoms with Crippen LogP contribution < -0.4 is 0 Å². The summed E-state index contributed by atoms with van der Waals surface area (Å²) in [4.78, 5) is 5.22. The van der Waals surface area contributed by atoms with Crippen molar-refractivity contribution >= 4 is 44.5 Å². The van der Waals surface area contributed by atoms with E-state index in [1.807, 2.05) is 20.8 Å². The van der Waals surface area contributed by atoms with Gasteiger partial charge in [-0.1, -0.05) is 60.4 Å². The first kappa shape index (κ1) is 54.2. The molecule has 4 fully saturated rings. The molecule has 4 aliphatic rings. The molecule has 0 aromatic carbocycles. The molecule has 0 spiro atoms. The van der Waals surface area contributed by atoms with Crippen molar-refractivity contribution in [3.05, 3.63) is 0 Å². The molecule has 0 saturated carbocycles. The molecular formula is C34H62O24S4. The molecule has 28 heteroatoms. The summed E-state index contributed by atoms with van der Waals surface area (Å²) in [5.41, 5.74) is 0. The lowest BCUT2D eigenvalue weighted by Crippen LogP contribution is -2.63. The Kier molecular flexibility index (Phi) is 21.1. The van der Waals surface area contributed by atoms with Gasteiger partial charge in [0.2, 0.25) is 0 Å². The number of hydrogen-bond donors (Lipinski definition) is 4. The van der Waals surface area contributed by atoms with Crippen molar-refractivity contribution in [3.8, 4) is 0 Å². The van der Waals surface area contributed by atoms with Crippen LogP contribution in [-0.2, 0) is 101 Å². The van der Waals surface area contributed by atoms with Crippen LogP contribution in [0.5, 0.6) is 0 Å². The minimum absolute atomic E-state index is 0.0671. The first-order chi connectivity index (χ1) is 29.0. The zero-order valence-corrected chi connectivity index (χ0v) is 39.2. The van der Waals surface area contributed by atoms with Crippen LogP contribution in [0.4, 0.5) is 0 Å². The SMILES string of the molecule is CCC1O[C@@H](O[C@H]2C(CC)O[C@@H](C)C(C)[C@H]2C)C(C)[C@@H](C)[C@H]1O[C@H]1OC(COS(=O)(=O)O)[C@@H](O[C@H]2OC(COS(=O)(=O)O)[C@@H](OSOOO)C(C)C2OOS(=O)O)C(C)C1OC. The molecule has 0 radical (unpaired) electrons. The number of hydrogen-bond acceptors (Lipinski definition) is 22. The van der Waals surface area contributed by atoms with E-state index in [4.69, 9.17) is 56.4 Å². The highest BCUT2D eigenvalue weighted by Gasteiger charge is 2.54. The Morgan fingerprint density at radius 2 is 1.05 bits per heavy atom. The summed E-state index contributed by atoms with van der Waals surface area (Å²) < 4.78 is 161. The molecule has 4 rings (SSSR count). The molecule has 4 N–H and O–H groups in total. The van der Waals surface area contributed by atoms with Gasteiger partial charge in [0, 0.05) is 24.9 Å². The van der Waals surface area contributed by atoms with Gasteiger partial charge in [-0.25, -0.2) is 18.5 Å². The number of ether oxygens (including phenoxy) is 8. The van der Waals surface area contributed by atoms with Crippen LogP contribution in [-0.4, -0.2) is 146 Å². The molecule has 4 aliphatic heterocycles. The van der Waals surface area contributed by atoms with E-state index in [2.05, 4.69) is 45.6 Å². The normalized spacial score (nSPS) is 42.7. The molecule has 0 aliphatic carbocycles. The van der Waals surface area contributed by atoms with Crippen LogP contribution in [0.1, 0.15) is 75.2 Å². The Morgan fingerprint density at radius 3 is 1.55 bits per heavy atom. The number of methoxy groups -OCH3 is 1. The van der Waals surface area contributed by atoms with Crippen LogP contribution in [0.25, 0.3) is 0 Å². The smallest absolute Gasteiger partial charge is 0.376 e. The summed E-state index contributed by atoms with van der Waals surface area (Å²) in [6.45, 7) is 15.7. The molecule has 0 aromatic rings. The number of rotatable bonds is 22. The highest BCUT2D eigenvalue weighted by molar-refractivity contribution is 7.89. The van der Waals surface area contributed by atoms with Gasteiger partial charge in [-0.3, -0.25) is 17.8 Å². The van der Waals surface area contributed by atoms with Gasteiger partial charge in [0.15, 0.2) is 37.3 Å². The Hall–Kier alpha value is -0.360. The minimum Gasteiger partial charge on any atom is -0.376 e. The van der Waals surface area contributed by atoms with Crippen molar-refractivity contribution < 1.29 is 109 Å². The molecule has 366 valence electrons. The van der Waals surface area contributed by atoms with E-state index in [0.29, 0.717) is 6.42 Å². The molecule has 0 aromatic heterocycles. The quantitative estimate of drug-likeness (QED) is 0.0302. The summed E-state index contributed by atoms with van der Waals surface area (Å²) in [5.74, 6) is -1.81. The van der Waals surface area contributed by atoms with Gasteiger partial charge in [-0.05, 0) is 37.5 Å².